The van der Waals surface area contributed by atoms with Crippen LogP contribution >= 0.6 is 27.5 Å². The largest absolute Gasteiger partial charge is 0.325 e. The number of nitrogens with one attached hydrogen (secondary N) is 2. The fraction of sp³-hybridized carbons (Fsp3) is 0.273. The summed E-state index contributed by atoms with van der Waals surface area (Å²) in [6.07, 6.45) is 0. The van der Waals surface area contributed by atoms with Gasteiger partial charge in [0.1, 0.15) is 11.2 Å². The number of hydrogen-bond donors (Lipinski definition) is 2. The van der Waals surface area contributed by atoms with E-state index in [1.54, 1.807) is 6.92 Å². The molecule has 0 aliphatic heterocycles. The minimum absolute atomic E-state index is 0.223. The number of rotatable bonds is 2. The highest BCUT2D eigenvalue weighted by Gasteiger charge is 2.14. The van der Waals surface area contributed by atoms with Crippen molar-refractivity contribution in [3.63, 3.8) is 0 Å². The summed E-state index contributed by atoms with van der Waals surface area (Å²) in [7, 11) is 0. The molecule has 4 nitrogen and oxygen atoms in total. The van der Waals surface area contributed by atoms with Crippen LogP contribution in [0.3, 0.4) is 0 Å². The predicted molar refractivity (Wildman–Crippen MR) is 71.3 cm³/mol. The summed E-state index contributed by atoms with van der Waals surface area (Å²) in [5, 5.41) is 3.69. The van der Waals surface area contributed by atoms with Crippen molar-refractivity contribution >= 4 is 45.2 Å². The van der Waals surface area contributed by atoms with E-state index in [1.165, 1.54) is 19.1 Å². The van der Waals surface area contributed by atoms with Crippen LogP contribution in [0.2, 0.25) is 0 Å². The molecular weight excluding hydrogens is 326 g/mol. The maximum atomic E-state index is 13.2. The Morgan fingerprint density at radius 2 is 2.06 bits per heavy atom. The first-order valence-electron chi connectivity index (χ1n) is 5.03. The van der Waals surface area contributed by atoms with Crippen molar-refractivity contribution < 1.29 is 14.0 Å². The Hall–Kier alpha value is -1.14. The lowest BCUT2D eigenvalue weighted by Crippen LogP contribution is -2.38. The zero-order valence-electron chi connectivity index (χ0n) is 9.68. The predicted octanol–water partition coefficient (Wildman–Crippen LogP) is 3.17. The summed E-state index contributed by atoms with van der Waals surface area (Å²) in [5.41, 5.74) is 0.938. The zero-order chi connectivity index (χ0) is 13.9. The molecule has 0 saturated heterocycles. The van der Waals surface area contributed by atoms with Gasteiger partial charge in [0, 0.05) is 5.69 Å². The maximum Gasteiger partial charge on any atom is 0.325 e. The van der Waals surface area contributed by atoms with Crippen LogP contribution in [0.1, 0.15) is 12.5 Å². The third-order valence-corrected chi connectivity index (χ3v) is 2.92. The number of aryl methyl sites for hydroxylation is 1. The first-order valence-corrected chi connectivity index (χ1v) is 6.25. The third-order valence-electron chi connectivity index (χ3n) is 2.11. The Labute approximate surface area is 117 Å². The molecule has 0 fully saturated rings. The lowest BCUT2D eigenvalue weighted by Gasteiger charge is -2.10. The second-order valence-corrected chi connectivity index (χ2v) is 5.15. The molecule has 18 heavy (non-hydrogen) atoms. The number of amides is 3. The van der Waals surface area contributed by atoms with Crippen LogP contribution in [0.25, 0.3) is 0 Å². The van der Waals surface area contributed by atoms with Crippen LogP contribution in [0, 0.1) is 12.7 Å². The number of carbonyl (C=O) groups is 2. The lowest BCUT2D eigenvalue weighted by molar-refractivity contribution is -0.119. The number of carbonyl (C=O) groups excluding carboxylic acids is 2. The van der Waals surface area contributed by atoms with Crippen LogP contribution in [0.15, 0.2) is 16.6 Å². The number of alkyl halides is 1. The molecule has 0 radical (unpaired) electrons. The van der Waals surface area contributed by atoms with Gasteiger partial charge in [-0.1, -0.05) is 0 Å². The molecule has 0 spiro atoms. The minimum Gasteiger partial charge on any atom is -0.307 e. The van der Waals surface area contributed by atoms with Gasteiger partial charge in [-0.3, -0.25) is 10.1 Å². The van der Waals surface area contributed by atoms with E-state index >= 15 is 0 Å². The zero-order valence-corrected chi connectivity index (χ0v) is 12.0. The van der Waals surface area contributed by atoms with Gasteiger partial charge < -0.3 is 5.32 Å². The molecule has 0 saturated carbocycles. The smallest absolute Gasteiger partial charge is 0.307 e. The van der Waals surface area contributed by atoms with Gasteiger partial charge in [-0.25, -0.2) is 9.18 Å². The fourth-order valence-electron chi connectivity index (χ4n) is 1.15. The van der Waals surface area contributed by atoms with Crippen molar-refractivity contribution in [2.24, 2.45) is 0 Å². The summed E-state index contributed by atoms with van der Waals surface area (Å²) in [5.74, 6) is -1.03. The van der Waals surface area contributed by atoms with Crippen molar-refractivity contribution in [2.75, 3.05) is 5.32 Å². The van der Waals surface area contributed by atoms with E-state index in [2.05, 4.69) is 26.6 Å². The van der Waals surface area contributed by atoms with E-state index in [-0.39, 0.29) is 4.47 Å². The second kappa shape index (κ2) is 6.15. The van der Waals surface area contributed by atoms with E-state index in [4.69, 9.17) is 11.6 Å². The molecule has 0 aromatic heterocycles. The standard InChI is InChI=1S/C11H11BrClFN2O2/c1-5-3-8(14)7(12)4-9(5)15-11(18)16-10(17)6(2)13/h3-4,6H,1-2H3,(H2,15,16,17,18). The van der Waals surface area contributed by atoms with E-state index in [9.17, 15) is 14.0 Å². The number of benzene rings is 1. The molecular formula is C11H11BrClFN2O2. The molecule has 0 bridgehead atoms. The Morgan fingerprint density at radius 1 is 1.44 bits per heavy atom. The number of urea groups is 1. The van der Waals surface area contributed by atoms with Gasteiger partial charge in [0.05, 0.1) is 4.47 Å². The van der Waals surface area contributed by atoms with Gasteiger partial charge in [0.15, 0.2) is 0 Å². The number of imide groups is 1. The van der Waals surface area contributed by atoms with Gasteiger partial charge in [-0.15, -0.1) is 11.6 Å². The summed E-state index contributed by atoms with van der Waals surface area (Å²) in [4.78, 5) is 22.6. The number of hydrogen-bond acceptors (Lipinski definition) is 2. The molecule has 3 amide bonds. The second-order valence-electron chi connectivity index (χ2n) is 3.64. The van der Waals surface area contributed by atoms with Crippen LogP contribution in [-0.2, 0) is 4.79 Å². The van der Waals surface area contributed by atoms with E-state index < -0.39 is 23.1 Å². The van der Waals surface area contributed by atoms with E-state index in [0.29, 0.717) is 11.3 Å². The molecule has 98 valence electrons. The molecule has 0 heterocycles. The van der Waals surface area contributed by atoms with Crippen molar-refractivity contribution in [1.29, 1.82) is 0 Å². The molecule has 1 atom stereocenters. The normalized spacial score (nSPS) is 11.8. The lowest BCUT2D eigenvalue weighted by atomic mass is 10.2. The first-order chi connectivity index (χ1) is 8.31. The summed E-state index contributed by atoms with van der Waals surface area (Å²) in [6, 6.07) is 1.97. The maximum absolute atomic E-state index is 13.2. The molecule has 1 aromatic rings. The van der Waals surface area contributed by atoms with Crippen molar-refractivity contribution in [1.82, 2.24) is 5.32 Å². The fourth-order valence-corrected chi connectivity index (χ4v) is 1.54. The van der Waals surface area contributed by atoms with Crippen LogP contribution in [-0.4, -0.2) is 17.3 Å². The average molecular weight is 338 g/mol. The SMILES string of the molecule is Cc1cc(F)c(Br)cc1NC(=O)NC(=O)C(C)Cl. The van der Waals surface area contributed by atoms with Crippen LogP contribution in [0.5, 0.6) is 0 Å². The Bertz CT molecular complexity index is 494. The first kappa shape index (κ1) is 14.9. The molecule has 1 aromatic carbocycles. The Kier molecular flexibility index (Phi) is 5.10. The molecule has 0 aliphatic rings. The Balaban J connectivity index is 2.76. The van der Waals surface area contributed by atoms with Gasteiger partial charge in [0.25, 0.3) is 0 Å². The summed E-state index contributed by atoms with van der Waals surface area (Å²) < 4.78 is 13.4. The van der Waals surface area contributed by atoms with Gasteiger partial charge in [0.2, 0.25) is 5.91 Å². The third kappa shape index (κ3) is 3.96. The quantitative estimate of drug-likeness (QED) is 0.814. The highest BCUT2D eigenvalue weighted by molar-refractivity contribution is 9.10. The van der Waals surface area contributed by atoms with Crippen molar-refractivity contribution in [3.05, 3.63) is 28.0 Å². The number of halogens is 3. The minimum atomic E-state index is -0.809. The average Bonchev–Trinajstić information content (AvgIpc) is 2.25. The van der Waals surface area contributed by atoms with E-state index in [1.807, 2.05) is 0 Å². The molecule has 1 unspecified atom stereocenters. The highest BCUT2D eigenvalue weighted by atomic mass is 79.9. The van der Waals surface area contributed by atoms with E-state index in [0.717, 1.165) is 0 Å². The Morgan fingerprint density at radius 3 is 2.61 bits per heavy atom. The summed E-state index contributed by atoms with van der Waals surface area (Å²) >= 11 is 8.51. The molecule has 0 aliphatic carbocycles. The monoisotopic (exact) mass is 336 g/mol. The van der Waals surface area contributed by atoms with Crippen LogP contribution < -0.4 is 10.6 Å². The van der Waals surface area contributed by atoms with Crippen molar-refractivity contribution in [3.8, 4) is 0 Å². The topological polar surface area (TPSA) is 58.2 Å². The number of anilines is 1. The van der Waals surface area contributed by atoms with Crippen LogP contribution in [0.4, 0.5) is 14.9 Å². The summed E-state index contributed by atoms with van der Waals surface area (Å²) in [6.45, 7) is 3.08. The van der Waals surface area contributed by atoms with Crippen molar-refractivity contribution in [2.45, 2.75) is 19.2 Å². The van der Waals surface area contributed by atoms with Gasteiger partial charge in [-0.05, 0) is 47.5 Å². The highest BCUT2D eigenvalue weighted by Crippen LogP contribution is 2.24. The molecule has 2 N–H and O–H groups in total. The molecule has 1 rings (SSSR count). The molecule has 7 heteroatoms. The van der Waals surface area contributed by atoms with Gasteiger partial charge >= 0.3 is 6.03 Å². The van der Waals surface area contributed by atoms with Gasteiger partial charge in [-0.2, -0.15) is 0 Å².